The molecular weight excluding hydrogens is 623 g/mol. The third-order valence-electron chi connectivity index (χ3n) is 10.3. The molecule has 0 spiro atoms. The van der Waals surface area contributed by atoms with Gasteiger partial charge in [-0.25, -0.2) is 0 Å². The maximum absolute atomic E-state index is 9.74. The topological polar surface area (TPSA) is 62.4 Å². The highest BCUT2D eigenvalue weighted by Gasteiger charge is 2.28. The number of nitriles is 2. The Hall–Kier alpha value is -7.08. The number of para-hydroxylation sites is 5. The standard InChI is InChI=1S/C46H29N5/c47-28-31-25-30(26-32(27-31)29-48)23-24-49-38-20-10-7-17-35(38)41-44(49)42-36-18-8-11-21-39(36)50(33-13-3-1-4-14-33)46(42)43-37-19-9-12-22-40(37)51(45(41)43)34-15-5-2-6-16-34/h1-22,25-27H,23-24H2. The van der Waals surface area contributed by atoms with Crippen LogP contribution >= 0.6 is 0 Å². The van der Waals surface area contributed by atoms with Gasteiger partial charge in [0.2, 0.25) is 0 Å². The second-order valence-corrected chi connectivity index (χ2v) is 13.1. The van der Waals surface area contributed by atoms with Gasteiger partial charge in [0.05, 0.1) is 50.8 Å². The normalized spacial score (nSPS) is 11.6. The van der Waals surface area contributed by atoms with Gasteiger partial charge in [0.25, 0.3) is 0 Å². The lowest BCUT2D eigenvalue weighted by atomic mass is 10.0. The third-order valence-corrected chi connectivity index (χ3v) is 10.3. The van der Waals surface area contributed by atoms with Crippen LogP contribution in [0.25, 0.3) is 76.8 Å². The molecule has 0 radical (unpaired) electrons. The van der Waals surface area contributed by atoms with Gasteiger partial charge in [0, 0.05) is 55.8 Å². The summed E-state index contributed by atoms with van der Waals surface area (Å²) in [6.45, 7) is 0.667. The molecule has 3 aromatic heterocycles. The Balaban J connectivity index is 1.45. The van der Waals surface area contributed by atoms with Gasteiger partial charge in [-0.3, -0.25) is 0 Å². The number of benzene rings is 7. The summed E-state index contributed by atoms with van der Waals surface area (Å²) in [6.07, 6.45) is 0.663. The van der Waals surface area contributed by atoms with E-state index in [0.717, 1.165) is 33.5 Å². The highest BCUT2D eigenvalue weighted by Crippen LogP contribution is 2.49. The van der Waals surface area contributed by atoms with E-state index in [4.69, 9.17) is 0 Å². The lowest BCUT2D eigenvalue weighted by molar-refractivity contribution is 0.746. The Morgan fingerprint density at radius 1 is 0.431 bits per heavy atom. The van der Waals surface area contributed by atoms with Gasteiger partial charge >= 0.3 is 0 Å². The maximum atomic E-state index is 9.74. The molecule has 7 aromatic carbocycles. The summed E-state index contributed by atoms with van der Waals surface area (Å²) in [6, 6.07) is 57.7. The number of nitrogens with zero attached hydrogens (tertiary/aromatic N) is 5. The molecule has 0 saturated heterocycles. The van der Waals surface area contributed by atoms with Gasteiger partial charge in [-0.15, -0.1) is 0 Å². The van der Waals surface area contributed by atoms with Crippen molar-refractivity contribution in [2.24, 2.45) is 0 Å². The van der Waals surface area contributed by atoms with Crippen molar-refractivity contribution >= 4 is 65.4 Å². The molecule has 238 valence electrons. The van der Waals surface area contributed by atoms with Crippen LogP contribution in [0.2, 0.25) is 0 Å². The van der Waals surface area contributed by atoms with Crippen molar-refractivity contribution < 1.29 is 0 Å². The first-order valence-corrected chi connectivity index (χ1v) is 17.2. The first kappa shape index (κ1) is 28.9. The number of rotatable bonds is 5. The Labute approximate surface area is 293 Å². The van der Waals surface area contributed by atoms with Crippen molar-refractivity contribution in [3.63, 3.8) is 0 Å². The monoisotopic (exact) mass is 651 g/mol. The van der Waals surface area contributed by atoms with Crippen LogP contribution in [0.4, 0.5) is 0 Å². The van der Waals surface area contributed by atoms with Crippen LogP contribution in [0.15, 0.2) is 152 Å². The molecule has 0 atom stereocenters. The lowest BCUT2D eigenvalue weighted by Crippen LogP contribution is -2.03. The lowest BCUT2D eigenvalue weighted by Gasteiger charge is -2.13. The van der Waals surface area contributed by atoms with Crippen molar-refractivity contribution in [1.82, 2.24) is 13.7 Å². The van der Waals surface area contributed by atoms with E-state index in [1.165, 1.54) is 48.9 Å². The Bertz CT molecular complexity index is 2990. The molecule has 0 fully saturated rings. The van der Waals surface area contributed by atoms with E-state index in [0.29, 0.717) is 24.1 Å². The average Bonchev–Trinajstić information content (AvgIpc) is 3.83. The number of aryl methyl sites for hydroxylation is 2. The van der Waals surface area contributed by atoms with Gasteiger partial charge in [-0.2, -0.15) is 10.5 Å². The van der Waals surface area contributed by atoms with Crippen molar-refractivity contribution in [3.8, 4) is 23.5 Å². The second-order valence-electron chi connectivity index (χ2n) is 13.1. The van der Waals surface area contributed by atoms with E-state index in [2.05, 4.69) is 159 Å². The summed E-state index contributed by atoms with van der Waals surface area (Å²) >= 11 is 0. The van der Waals surface area contributed by atoms with E-state index in [1.54, 1.807) is 6.07 Å². The molecule has 3 heterocycles. The number of fused-ring (bicyclic) bond motifs is 12. The number of hydrogen-bond acceptors (Lipinski definition) is 2. The van der Waals surface area contributed by atoms with Gasteiger partial charge in [-0.05, 0) is 72.6 Å². The van der Waals surface area contributed by atoms with Crippen LogP contribution in [0, 0.1) is 22.7 Å². The molecular formula is C46H29N5. The van der Waals surface area contributed by atoms with Gasteiger partial charge in [0.1, 0.15) is 0 Å². The molecule has 0 N–H and O–H groups in total. The van der Waals surface area contributed by atoms with Gasteiger partial charge in [0.15, 0.2) is 0 Å². The quantitative estimate of drug-likeness (QED) is 0.186. The van der Waals surface area contributed by atoms with E-state index >= 15 is 0 Å². The van der Waals surface area contributed by atoms with Gasteiger partial charge in [-0.1, -0.05) is 91.0 Å². The van der Waals surface area contributed by atoms with E-state index in [1.807, 2.05) is 12.1 Å². The maximum Gasteiger partial charge on any atom is 0.0992 e. The van der Waals surface area contributed by atoms with Crippen molar-refractivity contribution in [2.45, 2.75) is 13.0 Å². The van der Waals surface area contributed by atoms with Crippen LogP contribution in [0.5, 0.6) is 0 Å². The van der Waals surface area contributed by atoms with Crippen LogP contribution in [0.1, 0.15) is 16.7 Å². The van der Waals surface area contributed by atoms with E-state index in [-0.39, 0.29) is 0 Å². The molecule has 0 aliphatic rings. The zero-order valence-electron chi connectivity index (χ0n) is 27.6. The minimum atomic E-state index is 0.508. The zero-order chi connectivity index (χ0) is 34.1. The van der Waals surface area contributed by atoms with Gasteiger partial charge < -0.3 is 13.7 Å². The van der Waals surface area contributed by atoms with Crippen molar-refractivity contribution in [1.29, 1.82) is 10.5 Å². The molecule has 0 unspecified atom stereocenters. The molecule has 0 aliphatic carbocycles. The fraction of sp³-hybridized carbons (Fsp3) is 0.0435. The molecule has 5 heteroatoms. The fourth-order valence-electron chi connectivity index (χ4n) is 8.36. The average molecular weight is 652 g/mol. The molecule has 0 aliphatic heterocycles. The molecule has 5 nitrogen and oxygen atoms in total. The smallest absolute Gasteiger partial charge is 0.0992 e. The third kappa shape index (κ3) is 4.19. The summed E-state index contributed by atoms with van der Waals surface area (Å²) in [5.41, 5.74) is 11.2. The first-order chi connectivity index (χ1) is 25.2. The molecule has 0 bridgehead atoms. The predicted molar refractivity (Wildman–Crippen MR) is 208 cm³/mol. The van der Waals surface area contributed by atoms with Crippen LogP contribution < -0.4 is 0 Å². The molecule has 51 heavy (non-hydrogen) atoms. The zero-order valence-corrected chi connectivity index (χ0v) is 27.6. The van der Waals surface area contributed by atoms with Crippen LogP contribution in [-0.2, 0) is 13.0 Å². The SMILES string of the molecule is N#Cc1cc(C#N)cc(CCn2c3ccccc3c3c2c2c4ccccc4n(-c4ccccc4)c2c2c4ccccc4n(-c4ccccc4)c32)c1. The summed E-state index contributed by atoms with van der Waals surface area (Å²) in [5, 5.41) is 26.7. The Morgan fingerprint density at radius 2 is 0.843 bits per heavy atom. The summed E-state index contributed by atoms with van der Waals surface area (Å²) in [4.78, 5) is 0. The highest BCUT2D eigenvalue weighted by molar-refractivity contribution is 6.40. The van der Waals surface area contributed by atoms with E-state index < -0.39 is 0 Å². The minimum absolute atomic E-state index is 0.508. The van der Waals surface area contributed by atoms with Crippen LogP contribution in [-0.4, -0.2) is 13.7 Å². The molecule has 0 saturated carbocycles. The minimum Gasteiger partial charge on any atom is -0.340 e. The second kappa shape index (κ2) is 11.2. The largest absolute Gasteiger partial charge is 0.340 e. The highest BCUT2D eigenvalue weighted by atomic mass is 15.0. The summed E-state index contributed by atoms with van der Waals surface area (Å²) < 4.78 is 7.38. The fourth-order valence-corrected chi connectivity index (χ4v) is 8.36. The first-order valence-electron chi connectivity index (χ1n) is 17.2. The van der Waals surface area contributed by atoms with E-state index in [9.17, 15) is 10.5 Å². The summed E-state index contributed by atoms with van der Waals surface area (Å²) in [7, 11) is 0. The number of hydrogen-bond donors (Lipinski definition) is 0. The number of aromatic nitrogens is 3. The Morgan fingerprint density at radius 3 is 1.33 bits per heavy atom. The summed E-state index contributed by atoms with van der Waals surface area (Å²) in [5.74, 6) is 0. The molecule has 10 rings (SSSR count). The van der Waals surface area contributed by atoms with Crippen molar-refractivity contribution in [3.05, 3.63) is 168 Å². The van der Waals surface area contributed by atoms with Crippen molar-refractivity contribution in [2.75, 3.05) is 0 Å². The Kier molecular flexibility index (Phi) is 6.37. The molecule has 10 aromatic rings. The molecule has 0 amide bonds. The van der Waals surface area contributed by atoms with Crippen LogP contribution in [0.3, 0.4) is 0 Å². The predicted octanol–water partition coefficient (Wildman–Crippen LogP) is 11.0.